The van der Waals surface area contributed by atoms with Crippen molar-refractivity contribution in [2.45, 2.75) is 12.8 Å². The van der Waals surface area contributed by atoms with Gasteiger partial charge in [-0.1, -0.05) is 30.3 Å². The van der Waals surface area contributed by atoms with E-state index >= 15 is 0 Å². The predicted molar refractivity (Wildman–Crippen MR) is 149 cm³/mol. The minimum absolute atomic E-state index is 0.181. The van der Waals surface area contributed by atoms with E-state index in [0.717, 1.165) is 37.5 Å². The smallest absolute Gasteiger partial charge is 0.339 e. The summed E-state index contributed by atoms with van der Waals surface area (Å²) in [6, 6.07) is 26.9. The SMILES string of the molecule is O=C(Nc1ccc(N2CCC(COc3ccccc3C(=O)O)CC2)nc1)c1ccc(Oc2ccccc2)cc1. The van der Waals surface area contributed by atoms with E-state index in [2.05, 4.69) is 15.2 Å². The topological polar surface area (TPSA) is 101 Å². The van der Waals surface area contributed by atoms with Crippen LogP contribution < -0.4 is 19.7 Å². The van der Waals surface area contributed by atoms with Crippen molar-refractivity contribution < 1.29 is 24.2 Å². The summed E-state index contributed by atoms with van der Waals surface area (Å²) in [6.07, 6.45) is 3.50. The monoisotopic (exact) mass is 523 g/mol. The van der Waals surface area contributed by atoms with Crippen molar-refractivity contribution in [1.29, 1.82) is 0 Å². The molecule has 8 nitrogen and oxygen atoms in total. The van der Waals surface area contributed by atoms with Crippen LogP contribution in [0.25, 0.3) is 0 Å². The second-order valence-corrected chi connectivity index (χ2v) is 9.34. The Morgan fingerprint density at radius 3 is 2.26 bits per heavy atom. The van der Waals surface area contributed by atoms with Gasteiger partial charge in [0.1, 0.15) is 28.6 Å². The van der Waals surface area contributed by atoms with E-state index in [0.29, 0.717) is 35.3 Å². The van der Waals surface area contributed by atoms with Gasteiger partial charge < -0.3 is 24.8 Å². The van der Waals surface area contributed by atoms with Crippen LogP contribution in [0, 0.1) is 5.92 Å². The zero-order valence-electron chi connectivity index (χ0n) is 21.3. The number of carboxylic acid groups (broad SMARTS) is 1. The number of benzene rings is 3. The van der Waals surface area contributed by atoms with Gasteiger partial charge in [-0.15, -0.1) is 0 Å². The summed E-state index contributed by atoms with van der Waals surface area (Å²) in [6.45, 7) is 2.13. The molecular formula is C31H29N3O5. The highest BCUT2D eigenvalue weighted by molar-refractivity contribution is 6.04. The zero-order chi connectivity index (χ0) is 27.0. The van der Waals surface area contributed by atoms with Crippen LogP contribution in [0.3, 0.4) is 0 Å². The Kier molecular flexibility index (Phi) is 8.02. The first-order valence-corrected chi connectivity index (χ1v) is 12.9. The Balaban J connectivity index is 1.09. The number of pyridine rings is 1. The number of anilines is 2. The summed E-state index contributed by atoms with van der Waals surface area (Å²) in [4.78, 5) is 30.8. The number of hydrogen-bond acceptors (Lipinski definition) is 6. The number of aromatic nitrogens is 1. The van der Waals surface area contributed by atoms with Gasteiger partial charge in [0.25, 0.3) is 5.91 Å². The molecule has 39 heavy (non-hydrogen) atoms. The van der Waals surface area contributed by atoms with Crippen molar-refractivity contribution in [3.63, 3.8) is 0 Å². The number of carbonyl (C=O) groups is 2. The van der Waals surface area contributed by atoms with Crippen LogP contribution in [0.15, 0.2) is 97.2 Å². The number of nitrogens with zero attached hydrogens (tertiary/aromatic N) is 2. The lowest BCUT2D eigenvalue weighted by Crippen LogP contribution is -2.36. The highest BCUT2D eigenvalue weighted by atomic mass is 16.5. The third kappa shape index (κ3) is 6.73. The summed E-state index contributed by atoms with van der Waals surface area (Å²) < 4.78 is 11.6. The molecule has 1 amide bonds. The van der Waals surface area contributed by atoms with Crippen LogP contribution in [0.4, 0.5) is 11.5 Å². The molecule has 0 bridgehead atoms. The van der Waals surface area contributed by atoms with Gasteiger partial charge in [-0.25, -0.2) is 9.78 Å². The average Bonchev–Trinajstić information content (AvgIpc) is 2.98. The first-order chi connectivity index (χ1) is 19.0. The van der Waals surface area contributed by atoms with Crippen molar-refractivity contribution >= 4 is 23.4 Å². The highest BCUT2D eigenvalue weighted by Gasteiger charge is 2.22. The Morgan fingerprint density at radius 2 is 1.56 bits per heavy atom. The fourth-order valence-electron chi connectivity index (χ4n) is 4.45. The predicted octanol–water partition coefficient (Wildman–Crippen LogP) is 6.12. The standard InChI is InChI=1S/C31H29N3O5/c35-30(23-10-13-26(14-11-23)39-25-6-2-1-3-7-25)33-24-12-15-29(32-20-24)34-18-16-22(17-19-34)21-38-28-9-5-4-8-27(28)31(36)37/h1-15,20,22H,16-19,21H2,(H,33,35)(H,36,37). The van der Waals surface area contributed by atoms with Crippen LogP contribution in [-0.4, -0.2) is 41.7 Å². The Morgan fingerprint density at radius 1 is 0.872 bits per heavy atom. The second-order valence-electron chi connectivity index (χ2n) is 9.34. The molecule has 1 saturated heterocycles. The molecule has 0 saturated carbocycles. The molecule has 0 radical (unpaired) electrons. The number of aromatic carboxylic acids is 1. The number of hydrogen-bond donors (Lipinski definition) is 2. The minimum Gasteiger partial charge on any atom is -0.492 e. The number of rotatable bonds is 9. The summed E-state index contributed by atoms with van der Waals surface area (Å²) in [5.41, 5.74) is 1.32. The number of carbonyl (C=O) groups excluding carboxylic acids is 1. The van der Waals surface area contributed by atoms with Gasteiger partial charge in [-0.2, -0.15) is 0 Å². The number of nitrogens with one attached hydrogen (secondary N) is 1. The van der Waals surface area contributed by atoms with Crippen LogP contribution >= 0.6 is 0 Å². The summed E-state index contributed by atoms with van der Waals surface area (Å²) in [5.74, 6) is 1.78. The summed E-state index contributed by atoms with van der Waals surface area (Å²) in [5, 5.41) is 12.2. The molecule has 0 aliphatic carbocycles. The molecule has 2 N–H and O–H groups in total. The van der Waals surface area contributed by atoms with Gasteiger partial charge in [0.2, 0.25) is 0 Å². The lowest BCUT2D eigenvalue weighted by atomic mass is 9.98. The van der Waals surface area contributed by atoms with Crippen LogP contribution in [0.1, 0.15) is 33.6 Å². The molecule has 1 fully saturated rings. The first kappa shape index (κ1) is 25.8. The molecule has 1 aliphatic rings. The lowest BCUT2D eigenvalue weighted by molar-refractivity contribution is 0.0690. The summed E-state index contributed by atoms with van der Waals surface area (Å²) in [7, 11) is 0. The van der Waals surface area contributed by atoms with E-state index in [1.807, 2.05) is 42.5 Å². The Labute approximate surface area is 226 Å². The van der Waals surface area contributed by atoms with Gasteiger partial charge in [0.05, 0.1) is 18.5 Å². The zero-order valence-corrected chi connectivity index (χ0v) is 21.3. The van der Waals surface area contributed by atoms with E-state index in [1.165, 1.54) is 0 Å². The van der Waals surface area contributed by atoms with E-state index in [1.54, 1.807) is 54.7 Å². The molecule has 4 aromatic rings. The van der Waals surface area contributed by atoms with E-state index in [4.69, 9.17) is 9.47 Å². The normalized spacial score (nSPS) is 13.5. The van der Waals surface area contributed by atoms with Gasteiger partial charge >= 0.3 is 5.97 Å². The fraction of sp³-hybridized carbons (Fsp3) is 0.194. The summed E-state index contributed by atoms with van der Waals surface area (Å²) >= 11 is 0. The van der Waals surface area contributed by atoms with Crippen LogP contribution in [0.2, 0.25) is 0 Å². The molecule has 3 aromatic carbocycles. The van der Waals surface area contributed by atoms with Crippen molar-refractivity contribution in [1.82, 2.24) is 4.98 Å². The number of ether oxygens (including phenoxy) is 2. The maximum atomic E-state index is 12.7. The van der Waals surface area contributed by atoms with E-state index < -0.39 is 5.97 Å². The molecule has 0 atom stereocenters. The van der Waals surface area contributed by atoms with Crippen LogP contribution in [-0.2, 0) is 0 Å². The molecule has 2 heterocycles. The fourth-order valence-corrected chi connectivity index (χ4v) is 4.45. The molecule has 1 aromatic heterocycles. The number of piperidine rings is 1. The number of carboxylic acids is 1. The van der Waals surface area contributed by atoms with Crippen molar-refractivity contribution in [2.75, 3.05) is 29.9 Å². The minimum atomic E-state index is -0.988. The Bertz CT molecular complexity index is 1400. The van der Waals surface area contributed by atoms with Gasteiger partial charge in [0.15, 0.2) is 0 Å². The first-order valence-electron chi connectivity index (χ1n) is 12.9. The molecule has 1 aliphatic heterocycles. The maximum absolute atomic E-state index is 12.7. The number of amides is 1. The van der Waals surface area contributed by atoms with E-state index in [9.17, 15) is 14.7 Å². The quantitative estimate of drug-likeness (QED) is 0.273. The van der Waals surface area contributed by atoms with Crippen molar-refractivity contribution in [2.24, 2.45) is 5.92 Å². The van der Waals surface area contributed by atoms with Gasteiger partial charge in [-0.3, -0.25) is 4.79 Å². The highest BCUT2D eigenvalue weighted by Crippen LogP contribution is 2.26. The molecular weight excluding hydrogens is 494 g/mol. The largest absolute Gasteiger partial charge is 0.492 e. The molecule has 198 valence electrons. The van der Waals surface area contributed by atoms with Crippen molar-refractivity contribution in [3.05, 3.63) is 108 Å². The second kappa shape index (κ2) is 12.1. The average molecular weight is 524 g/mol. The Hall–Kier alpha value is -4.85. The maximum Gasteiger partial charge on any atom is 0.339 e. The molecule has 8 heteroatoms. The lowest BCUT2D eigenvalue weighted by Gasteiger charge is -2.32. The van der Waals surface area contributed by atoms with E-state index in [-0.39, 0.29) is 11.5 Å². The van der Waals surface area contributed by atoms with Crippen molar-refractivity contribution in [3.8, 4) is 17.2 Å². The van der Waals surface area contributed by atoms with Crippen LogP contribution in [0.5, 0.6) is 17.2 Å². The third-order valence-corrected chi connectivity index (χ3v) is 6.63. The van der Waals surface area contributed by atoms with Gasteiger partial charge in [-0.05, 0) is 79.4 Å². The molecule has 0 unspecified atom stereocenters. The van der Waals surface area contributed by atoms with Gasteiger partial charge in [0, 0.05) is 18.7 Å². The molecule has 5 rings (SSSR count). The third-order valence-electron chi connectivity index (χ3n) is 6.63. The number of para-hydroxylation sites is 2. The molecule has 0 spiro atoms.